The normalized spacial score (nSPS) is 11.0. The van der Waals surface area contributed by atoms with Crippen LogP contribution in [-0.2, 0) is 14.3 Å². The second-order valence-corrected chi connectivity index (χ2v) is 3.41. The van der Waals surface area contributed by atoms with Crippen LogP contribution in [0.5, 0.6) is 0 Å². The summed E-state index contributed by atoms with van der Waals surface area (Å²) < 4.78 is 4.68. The van der Waals surface area contributed by atoms with E-state index in [0.29, 0.717) is 12.2 Å². The van der Waals surface area contributed by atoms with E-state index in [1.807, 2.05) is 6.07 Å². The number of carbonyl (C=O) groups excluding carboxylic acids is 2. The predicted molar refractivity (Wildman–Crippen MR) is 70.3 cm³/mol. The summed E-state index contributed by atoms with van der Waals surface area (Å²) in [4.78, 5) is 22.6. The molecule has 0 bridgehead atoms. The van der Waals surface area contributed by atoms with Gasteiger partial charge in [0.15, 0.2) is 0 Å². The first-order valence-corrected chi connectivity index (χ1v) is 5.39. The Hall–Kier alpha value is -1.59. The number of amides is 1. The van der Waals surface area contributed by atoms with Gasteiger partial charge >= 0.3 is 5.97 Å². The summed E-state index contributed by atoms with van der Waals surface area (Å²) in [5, 5.41) is 2.43. The van der Waals surface area contributed by atoms with Crippen molar-refractivity contribution < 1.29 is 14.3 Å². The summed E-state index contributed by atoms with van der Waals surface area (Å²) >= 11 is 0. The van der Waals surface area contributed by atoms with Crippen LogP contribution in [0.3, 0.4) is 0 Å². The maximum Gasteiger partial charge on any atom is 0.325 e. The molecule has 0 aliphatic rings. The third kappa shape index (κ3) is 5.16. The Bertz CT molecular complexity index is 384. The number of rotatable bonds is 5. The van der Waals surface area contributed by atoms with E-state index in [2.05, 4.69) is 10.1 Å². The van der Waals surface area contributed by atoms with Crippen LogP contribution < -0.4 is 11.1 Å². The van der Waals surface area contributed by atoms with Gasteiger partial charge in [-0.1, -0.05) is 30.3 Å². The lowest BCUT2D eigenvalue weighted by atomic mass is 10.1. The van der Waals surface area contributed by atoms with Gasteiger partial charge in [-0.15, -0.1) is 12.4 Å². The van der Waals surface area contributed by atoms with Gasteiger partial charge in [-0.2, -0.15) is 0 Å². The largest absolute Gasteiger partial charge is 0.465 e. The van der Waals surface area contributed by atoms with Gasteiger partial charge in [0.2, 0.25) is 5.91 Å². The molecule has 3 N–H and O–H groups in total. The van der Waals surface area contributed by atoms with Crippen molar-refractivity contribution in [2.45, 2.75) is 13.0 Å². The summed E-state index contributed by atoms with van der Waals surface area (Å²) in [6, 6.07) is 8.18. The van der Waals surface area contributed by atoms with Crippen LogP contribution in [0.15, 0.2) is 30.3 Å². The molecule has 100 valence electrons. The molecule has 1 aromatic rings. The van der Waals surface area contributed by atoms with Crippen LogP contribution in [0.25, 0.3) is 0 Å². The standard InChI is InChI=1S/C12H16N2O3.ClH/c1-2-17-10(15)8-14-12(16)11(13)9-6-4-3-5-7-9;/h3-7,11H,2,8,13H2,1H3,(H,14,16);1H. The van der Waals surface area contributed by atoms with Gasteiger partial charge < -0.3 is 15.8 Å². The Morgan fingerprint density at radius 2 is 1.94 bits per heavy atom. The van der Waals surface area contributed by atoms with Crippen LogP contribution >= 0.6 is 12.4 Å². The molecule has 0 spiro atoms. The number of hydrogen-bond acceptors (Lipinski definition) is 4. The number of carbonyl (C=O) groups is 2. The Labute approximate surface area is 112 Å². The van der Waals surface area contributed by atoms with Crippen LogP contribution in [-0.4, -0.2) is 25.0 Å². The van der Waals surface area contributed by atoms with Crippen molar-refractivity contribution in [3.63, 3.8) is 0 Å². The minimum absolute atomic E-state index is 0. The highest BCUT2D eigenvalue weighted by molar-refractivity contribution is 5.86. The number of nitrogens with two attached hydrogens (primary N) is 1. The van der Waals surface area contributed by atoms with Crippen LogP contribution in [0.2, 0.25) is 0 Å². The van der Waals surface area contributed by atoms with Gasteiger partial charge in [0.25, 0.3) is 0 Å². The van der Waals surface area contributed by atoms with Gasteiger partial charge in [0, 0.05) is 0 Å². The van der Waals surface area contributed by atoms with Crippen LogP contribution in [0.4, 0.5) is 0 Å². The smallest absolute Gasteiger partial charge is 0.325 e. The maximum absolute atomic E-state index is 11.6. The fourth-order valence-corrected chi connectivity index (χ4v) is 1.29. The maximum atomic E-state index is 11.6. The number of esters is 1. The molecule has 5 nitrogen and oxygen atoms in total. The van der Waals surface area contributed by atoms with Crippen LogP contribution in [0.1, 0.15) is 18.5 Å². The number of ether oxygens (including phenoxy) is 1. The second-order valence-electron chi connectivity index (χ2n) is 3.41. The molecule has 0 aliphatic heterocycles. The molecule has 1 atom stereocenters. The predicted octanol–water partition coefficient (Wildman–Crippen LogP) is 0.788. The summed E-state index contributed by atoms with van der Waals surface area (Å²) in [7, 11) is 0. The quantitative estimate of drug-likeness (QED) is 0.777. The third-order valence-electron chi connectivity index (χ3n) is 2.15. The zero-order valence-corrected chi connectivity index (χ0v) is 10.9. The van der Waals surface area contributed by atoms with E-state index >= 15 is 0 Å². The van der Waals surface area contributed by atoms with Gasteiger partial charge in [-0.25, -0.2) is 0 Å². The average molecular weight is 273 g/mol. The summed E-state index contributed by atoms with van der Waals surface area (Å²) in [6.07, 6.45) is 0. The summed E-state index contributed by atoms with van der Waals surface area (Å²) in [6.45, 7) is 1.84. The molecular formula is C12H17ClN2O3. The lowest BCUT2D eigenvalue weighted by Gasteiger charge is -2.11. The van der Waals surface area contributed by atoms with Gasteiger partial charge in [0.05, 0.1) is 6.61 Å². The highest BCUT2D eigenvalue weighted by Gasteiger charge is 2.16. The molecule has 0 aromatic heterocycles. The number of hydrogen-bond donors (Lipinski definition) is 2. The van der Waals surface area contributed by atoms with Crippen molar-refractivity contribution in [1.29, 1.82) is 0 Å². The zero-order chi connectivity index (χ0) is 12.7. The lowest BCUT2D eigenvalue weighted by Crippen LogP contribution is -2.37. The van der Waals surface area contributed by atoms with E-state index in [4.69, 9.17) is 5.73 Å². The van der Waals surface area contributed by atoms with E-state index in [0.717, 1.165) is 0 Å². The molecule has 1 amide bonds. The molecule has 0 saturated heterocycles. The highest BCUT2D eigenvalue weighted by atomic mass is 35.5. The van der Waals surface area contributed by atoms with E-state index in [1.54, 1.807) is 31.2 Å². The molecule has 1 aromatic carbocycles. The topological polar surface area (TPSA) is 81.4 Å². The molecule has 0 aliphatic carbocycles. The first kappa shape index (κ1) is 16.4. The molecule has 1 unspecified atom stereocenters. The second kappa shape index (κ2) is 8.49. The lowest BCUT2D eigenvalue weighted by molar-refractivity contribution is -0.143. The zero-order valence-electron chi connectivity index (χ0n) is 10.1. The molecule has 18 heavy (non-hydrogen) atoms. The molecule has 6 heteroatoms. The van der Waals surface area contributed by atoms with Gasteiger partial charge in [-0.05, 0) is 12.5 Å². The monoisotopic (exact) mass is 272 g/mol. The first-order chi connectivity index (χ1) is 8.15. The Morgan fingerprint density at radius 1 is 1.33 bits per heavy atom. The van der Waals surface area contributed by atoms with Crippen molar-refractivity contribution in [1.82, 2.24) is 5.32 Å². The number of nitrogens with one attached hydrogen (secondary N) is 1. The Balaban J connectivity index is 0.00000289. The molecule has 0 radical (unpaired) electrons. The van der Waals surface area contributed by atoms with Crippen molar-refractivity contribution in [2.75, 3.05) is 13.2 Å². The van der Waals surface area contributed by atoms with E-state index in [1.165, 1.54) is 0 Å². The number of benzene rings is 1. The Kier molecular flexibility index (Phi) is 7.74. The number of halogens is 1. The van der Waals surface area contributed by atoms with E-state index in [9.17, 15) is 9.59 Å². The van der Waals surface area contributed by atoms with Crippen LogP contribution in [0, 0.1) is 0 Å². The van der Waals surface area contributed by atoms with Crippen molar-refractivity contribution in [3.8, 4) is 0 Å². The molecule has 0 fully saturated rings. The summed E-state index contributed by atoms with van der Waals surface area (Å²) in [5.74, 6) is -0.870. The molecular weight excluding hydrogens is 256 g/mol. The molecule has 0 saturated carbocycles. The van der Waals surface area contributed by atoms with Gasteiger partial charge in [0.1, 0.15) is 12.6 Å². The first-order valence-electron chi connectivity index (χ1n) is 5.39. The minimum Gasteiger partial charge on any atom is -0.465 e. The van der Waals surface area contributed by atoms with E-state index < -0.39 is 17.9 Å². The fourth-order valence-electron chi connectivity index (χ4n) is 1.29. The van der Waals surface area contributed by atoms with E-state index in [-0.39, 0.29) is 19.0 Å². The van der Waals surface area contributed by atoms with Crippen molar-refractivity contribution in [2.24, 2.45) is 5.73 Å². The van der Waals surface area contributed by atoms with Gasteiger partial charge in [-0.3, -0.25) is 9.59 Å². The van der Waals surface area contributed by atoms with Crippen molar-refractivity contribution >= 4 is 24.3 Å². The Morgan fingerprint density at radius 3 is 2.50 bits per heavy atom. The third-order valence-corrected chi connectivity index (χ3v) is 2.15. The summed E-state index contributed by atoms with van der Waals surface area (Å²) in [5.41, 5.74) is 6.44. The van der Waals surface area contributed by atoms with Crippen molar-refractivity contribution in [3.05, 3.63) is 35.9 Å². The SMILES string of the molecule is CCOC(=O)CNC(=O)C(N)c1ccccc1.Cl. The fraction of sp³-hybridized carbons (Fsp3) is 0.333. The highest BCUT2D eigenvalue weighted by Crippen LogP contribution is 2.08. The minimum atomic E-state index is -0.773. The molecule has 1 rings (SSSR count). The molecule has 0 heterocycles. The average Bonchev–Trinajstić information content (AvgIpc) is 2.36.